The zero-order valence-corrected chi connectivity index (χ0v) is 13.1. The van der Waals surface area contributed by atoms with Crippen LogP contribution in [0.4, 0.5) is 0 Å². The predicted molar refractivity (Wildman–Crippen MR) is 88.2 cm³/mol. The first-order chi connectivity index (χ1) is 10.3. The van der Waals surface area contributed by atoms with Crippen molar-refractivity contribution in [1.29, 1.82) is 0 Å². The lowest BCUT2D eigenvalue weighted by Crippen LogP contribution is -2.14. The molecule has 1 aliphatic rings. The number of benzene rings is 2. The van der Waals surface area contributed by atoms with E-state index < -0.39 is 0 Å². The Morgan fingerprint density at radius 1 is 1.10 bits per heavy atom. The van der Waals surface area contributed by atoms with Gasteiger partial charge in [-0.25, -0.2) is 0 Å². The molecule has 2 aromatic rings. The van der Waals surface area contributed by atoms with E-state index >= 15 is 0 Å². The second-order valence-electron chi connectivity index (χ2n) is 6.02. The van der Waals surface area contributed by atoms with E-state index in [1.807, 2.05) is 0 Å². The molecule has 0 N–H and O–H groups in total. The Balaban J connectivity index is 1.86. The van der Waals surface area contributed by atoms with E-state index in [0.717, 1.165) is 12.2 Å². The summed E-state index contributed by atoms with van der Waals surface area (Å²) in [5, 5.41) is 0. The van der Waals surface area contributed by atoms with Gasteiger partial charge in [0.1, 0.15) is 5.75 Å². The first-order valence-corrected chi connectivity index (χ1v) is 8.05. The van der Waals surface area contributed by atoms with E-state index in [4.69, 9.17) is 4.74 Å². The molecule has 1 unspecified atom stereocenters. The van der Waals surface area contributed by atoms with E-state index in [1.165, 1.54) is 36.8 Å². The second kappa shape index (κ2) is 6.34. The second-order valence-corrected chi connectivity index (χ2v) is 6.02. The summed E-state index contributed by atoms with van der Waals surface area (Å²) in [6, 6.07) is 15.6. The normalized spacial score (nSPS) is 17.3. The minimum atomic E-state index is 0.675. The van der Waals surface area contributed by atoms with Crippen LogP contribution in [0.5, 0.6) is 5.75 Å². The number of ether oxygens (including phenoxy) is 1. The Morgan fingerprint density at radius 2 is 1.95 bits per heavy atom. The highest BCUT2D eigenvalue weighted by Crippen LogP contribution is 2.35. The average molecular weight is 280 g/mol. The van der Waals surface area contributed by atoms with Crippen LogP contribution in [0.25, 0.3) is 0 Å². The van der Waals surface area contributed by atoms with Gasteiger partial charge in [0.25, 0.3) is 0 Å². The highest BCUT2D eigenvalue weighted by molar-refractivity contribution is 5.41. The lowest BCUT2D eigenvalue weighted by molar-refractivity contribution is 0.413. The first-order valence-electron chi connectivity index (χ1n) is 8.05. The molecule has 0 radical (unpaired) electrons. The summed E-state index contributed by atoms with van der Waals surface area (Å²) in [4.78, 5) is 0. The van der Waals surface area contributed by atoms with E-state index in [1.54, 1.807) is 18.2 Å². The Labute approximate surface area is 128 Å². The fourth-order valence-electron chi connectivity index (χ4n) is 3.55. The van der Waals surface area contributed by atoms with Crippen LogP contribution >= 0.6 is 0 Å². The molecule has 1 nitrogen and oxygen atoms in total. The predicted octanol–water partition coefficient (Wildman–Crippen LogP) is 4.92. The number of aryl methyl sites for hydroxylation is 2. The topological polar surface area (TPSA) is 9.23 Å². The molecule has 0 aliphatic heterocycles. The molecule has 1 aliphatic carbocycles. The number of rotatable bonds is 4. The maximum absolute atomic E-state index is 5.34. The molecule has 21 heavy (non-hydrogen) atoms. The molecule has 110 valence electrons. The molecular weight excluding hydrogens is 256 g/mol. The van der Waals surface area contributed by atoms with Crippen molar-refractivity contribution in [2.45, 2.75) is 44.9 Å². The third kappa shape index (κ3) is 2.97. The van der Waals surface area contributed by atoms with Crippen LogP contribution in [0.3, 0.4) is 0 Å². The molecule has 0 saturated heterocycles. The lowest BCUT2D eigenvalue weighted by atomic mass is 9.78. The zero-order chi connectivity index (χ0) is 14.7. The monoisotopic (exact) mass is 280 g/mol. The van der Waals surface area contributed by atoms with Gasteiger partial charge >= 0.3 is 0 Å². The fraction of sp³-hybridized carbons (Fsp3) is 0.400. The van der Waals surface area contributed by atoms with Crippen molar-refractivity contribution in [3.8, 4) is 5.75 Å². The van der Waals surface area contributed by atoms with Crippen molar-refractivity contribution in [2.24, 2.45) is 0 Å². The SMILES string of the molecule is CCCc1ccccc1C1CCc2cc(OC)ccc2C1. The Kier molecular flexibility index (Phi) is 4.28. The molecule has 0 bridgehead atoms. The van der Waals surface area contributed by atoms with Gasteiger partial charge in [0.05, 0.1) is 7.11 Å². The first kappa shape index (κ1) is 14.2. The summed E-state index contributed by atoms with van der Waals surface area (Å²) in [5.74, 6) is 1.66. The van der Waals surface area contributed by atoms with Crippen molar-refractivity contribution in [3.05, 3.63) is 64.7 Å². The van der Waals surface area contributed by atoms with Gasteiger partial charge in [-0.2, -0.15) is 0 Å². The van der Waals surface area contributed by atoms with Crippen LogP contribution in [0, 0.1) is 0 Å². The molecule has 3 rings (SSSR count). The van der Waals surface area contributed by atoms with Crippen molar-refractivity contribution in [3.63, 3.8) is 0 Å². The van der Waals surface area contributed by atoms with Crippen molar-refractivity contribution in [2.75, 3.05) is 7.11 Å². The molecule has 0 amide bonds. The summed E-state index contributed by atoms with van der Waals surface area (Å²) in [5.41, 5.74) is 6.08. The summed E-state index contributed by atoms with van der Waals surface area (Å²) in [6.45, 7) is 2.26. The average Bonchev–Trinajstić information content (AvgIpc) is 2.55. The van der Waals surface area contributed by atoms with Crippen LogP contribution in [0.2, 0.25) is 0 Å². The van der Waals surface area contributed by atoms with Gasteiger partial charge in [0.15, 0.2) is 0 Å². The summed E-state index contributed by atoms with van der Waals surface area (Å²) < 4.78 is 5.34. The van der Waals surface area contributed by atoms with Gasteiger partial charge < -0.3 is 4.74 Å². The molecule has 0 spiro atoms. The largest absolute Gasteiger partial charge is 0.497 e. The van der Waals surface area contributed by atoms with Crippen LogP contribution < -0.4 is 4.74 Å². The molecule has 1 atom stereocenters. The van der Waals surface area contributed by atoms with Gasteiger partial charge in [-0.1, -0.05) is 43.7 Å². The van der Waals surface area contributed by atoms with E-state index in [9.17, 15) is 0 Å². The molecule has 0 fully saturated rings. The van der Waals surface area contributed by atoms with Crippen LogP contribution in [-0.4, -0.2) is 7.11 Å². The third-order valence-electron chi connectivity index (χ3n) is 4.66. The Morgan fingerprint density at radius 3 is 2.76 bits per heavy atom. The van der Waals surface area contributed by atoms with Gasteiger partial charge in [-0.3, -0.25) is 0 Å². The number of hydrogen-bond acceptors (Lipinski definition) is 1. The molecule has 1 heteroatoms. The third-order valence-corrected chi connectivity index (χ3v) is 4.66. The van der Waals surface area contributed by atoms with Gasteiger partial charge in [0, 0.05) is 0 Å². The minimum Gasteiger partial charge on any atom is -0.497 e. The van der Waals surface area contributed by atoms with Crippen molar-refractivity contribution < 1.29 is 4.74 Å². The quantitative estimate of drug-likeness (QED) is 0.772. The standard InChI is InChI=1S/C20H24O/c1-3-6-15-7-4-5-8-20(15)18-10-9-17-14-19(21-2)12-11-16(17)13-18/h4-5,7-8,11-12,14,18H,3,6,9-10,13H2,1-2H3. The van der Waals surface area contributed by atoms with E-state index in [-0.39, 0.29) is 0 Å². The smallest absolute Gasteiger partial charge is 0.119 e. The summed E-state index contributed by atoms with van der Waals surface area (Å²) in [7, 11) is 1.74. The summed E-state index contributed by atoms with van der Waals surface area (Å²) in [6.07, 6.45) is 6.00. The number of hydrogen-bond donors (Lipinski definition) is 0. The molecule has 0 heterocycles. The van der Waals surface area contributed by atoms with Gasteiger partial charge in [-0.05, 0) is 66.0 Å². The molecule has 0 aromatic heterocycles. The van der Waals surface area contributed by atoms with Crippen LogP contribution in [-0.2, 0) is 19.3 Å². The van der Waals surface area contributed by atoms with Gasteiger partial charge in [-0.15, -0.1) is 0 Å². The Hall–Kier alpha value is -1.76. The fourth-order valence-corrected chi connectivity index (χ4v) is 3.55. The highest BCUT2D eigenvalue weighted by Gasteiger charge is 2.22. The lowest BCUT2D eigenvalue weighted by Gasteiger charge is -2.27. The van der Waals surface area contributed by atoms with Gasteiger partial charge in [0.2, 0.25) is 0 Å². The maximum Gasteiger partial charge on any atom is 0.119 e. The number of fused-ring (bicyclic) bond motifs is 1. The molecule has 0 saturated carbocycles. The van der Waals surface area contributed by atoms with Crippen LogP contribution in [0.1, 0.15) is 47.9 Å². The molecular formula is C20H24O. The van der Waals surface area contributed by atoms with Crippen molar-refractivity contribution >= 4 is 0 Å². The van der Waals surface area contributed by atoms with E-state index in [0.29, 0.717) is 5.92 Å². The molecule has 2 aromatic carbocycles. The Bertz CT molecular complexity index is 615. The maximum atomic E-state index is 5.34. The van der Waals surface area contributed by atoms with Crippen molar-refractivity contribution in [1.82, 2.24) is 0 Å². The van der Waals surface area contributed by atoms with Crippen LogP contribution in [0.15, 0.2) is 42.5 Å². The van der Waals surface area contributed by atoms with E-state index in [2.05, 4.69) is 49.4 Å². The highest BCUT2D eigenvalue weighted by atomic mass is 16.5. The number of methoxy groups -OCH3 is 1. The summed E-state index contributed by atoms with van der Waals surface area (Å²) >= 11 is 0. The minimum absolute atomic E-state index is 0.675. The zero-order valence-electron chi connectivity index (χ0n) is 13.1.